The van der Waals surface area contributed by atoms with Crippen LogP contribution < -0.4 is 4.90 Å². The number of amides is 2. The molecule has 0 fully saturated rings. The van der Waals surface area contributed by atoms with Gasteiger partial charge in [0.1, 0.15) is 0 Å². The van der Waals surface area contributed by atoms with Crippen LogP contribution in [0.4, 0.5) is 16.2 Å². The summed E-state index contributed by atoms with van der Waals surface area (Å²) in [7, 11) is 1.70. The molecular formula is C16H15N3O3. The standard InChI is InChI=1S/C16H15N3O3/c1-17-11-13-9-14(19(21)22)7-8-15(13)18(16(17)20)10-12-5-3-2-4-6-12/h2-9H,10-11H2,1H3. The van der Waals surface area contributed by atoms with E-state index in [4.69, 9.17) is 0 Å². The highest BCUT2D eigenvalue weighted by Gasteiger charge is 2.29. The molecule has 1 heterocycles. The van der Waals surface area contributed by atoms with Gasteiger partial charge in [0.05, 0.1) is 17.2 Å². The third-order valence-corrected chi connectivity index (χ3v) is 3.71. The number of hydrogen-bond acceptors (Lipinski definition) is 3. The zero-order chi connectivity index (χ0) is 15.7. The van der Waals surface area contributed by atoms with Crippen LogP contribution in [0.3, 0.4) is 0 Å². The molecule has 0 unspecified atom stereocenters. The van der Waals surface area contributed by atoms with E-state index in [1.807, 2.05) is 30.3 Å². The summed E-state index contributed by atoms with van der Waals surface area (Å²) >= 11 is 0. The summed E-state index contributed by atoms with van der Waals surface area (Å²) in [4.78, 5) is 26.1. The Labute approximate surface area is 127 Å². The van der Waals surface area contributed by atoms with E-state index in [1.54, 1.807) is 22.9 Å². The van der Waals surface area contributed by atoms with Crippen molar-refractivity contribution in [3.63, 3.8) is 0 Å². The number of nitrogens with zero attached hydrogens (tertiary/aromatic N) is 3. The van der Waals surface area contributed by atoms with Crippen LogP contribution >= 0.6 is 0 Å². The minimum Gasteiger partial charge on any atom is -0.323 e. The van der Waals surface area contributed by atoms with Crippen molar-refractivity contribution in [2.45, 2.75) is 13.1 Å². The van der Waals surface area contributed by atoms with Crippen LogP contribution in [0.1, 0.15) is 11.1 Å². The maximum absolute atomic E-state index is 12.4. The Bertz CT molecular complexity index is 731. The molecular weight excluding hydrogens is 282 g/mol. The number of urea groups is 1. The van der Waals surface area contributed by atoms with Crippen LogP contribution in [0, 0.1) is 10.1 Å². The second-order valence-electron chi connectivity index (χ2n) is 5.28. The van der Waals surface area contributed by atoms with Crippen molar-refractivity contribution < 1.29 is 9.72 Å². The predicted molar refractivity (Wildman–Crippen MR) is 82.6 cm³/mol. The molecule has 0 bridgehead atoms. The van der Waals surface area contributed by atoms with Gasteiger partial charge in [-0.05, 0) is 11.6 Å². The van der Waals surface area contributed by atoms with E-state index in [1.165, 1.54) is 12.1 Å². The number of hydrogen-bond donors (Lipinski definition) is 0. The molecule has 0 spiro atoms. The van der Waals surface area contributed by atoms with E-state index in [9.17, 15) is 14.9 Å². The average Bonchev–Trinajstić information content (AvgIpc) is 2.52. The number of nitro benzene ring substituents is 1. The number of non-ortho nitro benzene ring substituents is 1. The van der Waals surface area contributed by atoms with Crippen LogP contribution in [0.2, 0.25) is 0 Å². The Balaban J connectivity index is 2.00. The lowest BCUT2D eigenvalue weighted by molar-refractivity contribution is -0.384. The van der Waals surface area contributed by atoms with Gasteiger partial charge in [-0.3, -0.25) is 15.0 Å². The first-order valence-corrected chi connectivity index (χ1v) is 6.90. The summed E-state index contributed by atoms with van der Waals surface area (Å²) in [6, 6.07) is 14.2. The second-order valence-corrected chi connectivity index (χ2v) is 5.28. The van der Waals surface area contributed by atoms with E-state index < -0.39 is 4.92 Å². The number of fused-ring (bicyclic) bond motifs is 1. The van der Waals surface area contributed by atoms with Crippen molar-refractivity contribution >= 4 is 17.4 Å². The zero-order valence-electron chi connectivity index (χ0n) is 12.1. The number of carbonyl (C=O) groups is 1. The molecule has 112 valence electrons. The quantitative estimate of drug-likeness (QED) is 0.645. The Kier molecular flexibility index (Phi) is 3.50. The van der Waals surface area contributed by atoms with Gasteiger partial charge in [0.2, 0.25) is 0 Å². The van der Waals surface area contributed by atoms with Gasteiger partial charge in [0, 0.05) is 31.3 Å². The third-order valence-electron chi connectivity index (χ3n) is 3.71. The van der Waals surface area contributed by atoms with Crippen molar-refractivity contribution in [1.82, 2.24) is 4.90 Å². The monoisotopic (exact) mass is 297 g/mol. The van der Waals surface area contributed by atoms with E-state index in [2.05, 4.69) is 0 Å². The summed E-state index contributed by atoms with van der Waals surface area (Å²) in [5.74, 6) is 0. The van der Waals surface area contributed by atoms with Crippen LogP contribution in [-0.4, -0.2) is 22.9 Å². The first-order valence-electron chi connectivity index (χ1n) is 6.90. The molecule has 0 atom stereocenters. The molecule has 2 aromatic rings. The van der Waals surface area contributed by atoms with E-state index in [-0.39, 0.29) is 11.7 Å². The maximum Gasteiger partial charge on any atom is 0.324 e. The SMILES string of the molecule is CN1Cc2cc([N+](=O)[O-])ccc2N(Cc2ccccc2)C1=O. The number of rotatable bonds is 3. The van der Waals surface area contributed by atoms with Crippen molar-refractivity contribution in [2.75, 3.05) is 11.9 Å². The van der Waals surface area contributed by atoms with E-state index >= 15 is 0 Å². The molecule has 2 amide bonds. The first-order chi connectivity index (χ1) is 10.6. The van der Waals surface area contributed by atoms with Gasteiger partial charge in [-0.25, -0.2) is 4.79 Å². The Hall–Kier alpha value is -2.89. The number of nitro groups is 1. The molecule has 22 heavy (non-hydrogen) atoms. The molecule has 0 saturated carbocycles. The van der Waals surface area contributed by atoms with Crippen LogP contribution in [-0.2, 0) is 13.1 Å². The van der Waals surface area contributed by atoms with Crippen molar-refractivity contribution in [2.24, 2.45) is 0 Å². The number of benzene rings is 2. The zero-order valence-corrected chi connectivity index (χ0v) is 12.1. The summed E-state index contributed by atoms with van der Waals surface area (Å²) in [6.07, 6.45) is 0. The molecule has 0 N–H and O–H groups in total. The lowest BCUT2D eigenvalue weighted by atomic mass is 10.1. The van der Waals surface area contributed by atoms with Gasteiger partial charge in [-0.15, -0.1) is 0 Å². The third kappa shape index (κ3) is 2.50. The number of carbonyl (C=O) groups excluding carboxylic acids is 1. The topological polar surface area (TPSA) is 66.7 Å². The predicted octanol–water partition coefficient (Wildman–Crippen LogP) is 3.17. The summed E-state index contributed by atoms with van der Waals surface area (Å²) < 4.78 is 0. The fourth-order valence-corrected chi connectivity index (χ4v) is 2.63. The molecule has 0 aliphatic carbocycles. The lowest BCUT2D eigenvalue weighted by Gasteiger charge is -2.35. The minimum absolute atomic E-state index is 0.0427. The Morgan fingerprint density at radius 1 is 1.18 bits per heavy atom. The molecule has 1 aliphatic heterocycles. The molecule has 0 saturated heterocycles. The summed E-state index contributed by atoms with van der Waals surface area (Å²) in [5, 5.41) is 10.9. The van der Waals surface area contributed by atoms with Crippen LogP contribution in [0.25, 0.3) is 0 Å². The Morgan fingerprint density at radius 2 is 1.91 bits per heavy atom. The fourth-order valence-electron chi connectivity index (χ4n) is 2.63. The van der Waals surface area contributed by atoms with Gasteiger partial charge in [0.15, 0.2) is 0 Å². The smallest absolute Gasteiger partial charge is 0.323 e. The highest BCUT2D eigenvalue weighted by Crippen LogP contribution is 2.32. The Morgan fingerprint density at radius 3 is 2.59 bits per heavy atom. The lowest BCUT2D eigenvalue weighted by Crippen LogP contribution is -2.44. The van der Waals surface area contributed by atoms with Crippen molar-refractivity contribution in [3.05, 3.63) is 69.8 Å². The molecule has 6 nitrogen and oxygen atoms in total. The van der Waals surface area contributed by atoms with Gasteiger partial charge in [-0.1, -0.05) is 30.3 Å². The molecule has 6 heteroatoms. The molecule has 0 radical (unpaired) electrons. The van der Waals surface area contributed by atoms with Gasteiger partial charge < -0.3 is 4.90 Å². The van der Waals surface area contributed by atoms with E-state index in [0.717, 1.165) is 16.8 Å². The normalized spacial score (nSPS) is 14.0. The maximum atomic E-state index is 12.4. The van der Waals surface area contributed by atoms with Crippen molar-refractivity contribution in [3.8, 4) is 0 Å². The average molecular weight is 297 g/mol. The molecule has 0 aromatic heterocycles. The fraction of sp³-hybridized carbons (Fsp3) is 0.188. The summed E-state index contributed by atoms with van der Waals surface area (Å²) in [5.41, 5.74) is 2.57. The largest absolute Gasteiger partial charge is 0.324 e. The summed E-state index contributed by atoms with van der Waals surface area (Å²) in [6.45, 7) is 0.815. The highest BCUT2D eigenvalue weighted by molar-refractivity contribution is 5.94. The van der Waals surface area contributed by atoms with Crippen LogP contribution in [0.15, 0.2) is 48.5 Å². The highest BCUT2D eigenvalue weighted by atomic mass is 16.6. The number of anilines is 1. The van der Waals surface area contributed by atoms with E-state index in [0.29, 0.717) is 13.1 Å². The van der Waals surface area contributed by atoms with Gasteiger partial charge in [0.25, 0.3) is 5.69 Å². The van der Waals surface area contributed by atoms with Crippen LogP contribution in [0.5, 0.6) is 0 Å². The first kappa shape index (κ1) is 14.1. The minimum atomic E-state index is -0.418. The second kappa shape index (κ2) is 5.48. The van der Waals surface area contributed by atoms with Gasteiger partial charge >= 0.3 is 6.03 Å². The van der Waals surface area contributed by atoms with Gasteiger partial charge in [-0.2, -0.15) is 0 Å². The van der Waals surface area contributed by atoms with Crippen molar-refractivity contribution in [1.29, 1.82) is 0 Å². The molecule has 1 aliphatic rings. The molecule has 3 rings (SSSR count). The molecule has 2 aromatic carbocycles.